The van der Waals surface area contributed by atoms with Crippen molar-refractivity contribution in [3.05, 3.63) is 106 Å². The monoisotopic (exact) mass is 459 g/mol. The van der Waals surface area contributed by atoms with E-state index in [0.717, 1.165) is 11.1 Å². The van der Waals surface area contributed by atoms with Gasteiger partial charge in [-0.05, 0) is 55.2 Å². The van der Waals surface area contributed by atoms with Gasteiger partial charge in [-0.15, -0.1) is 0 Å². The number of aryl methyl sites for hydroxylation is 1. The van der Waals surface area contributed by atoms with E-state index in [9.17, 15) is 14.3 Å². The lowest BCUT2D eigenvalue weighted by Crippen LogP contribution is -2.44. The maximum absolute atomic E-state index is 13.6. The standard InChI is InChI=1S/C28H26FNO4/c1-19-7-12-24-23(17-19)26(31)25(27(34-24)33-18-20-5-3-2-4-6-20)30-15-13-28(32,14-16-30)21-8-10-22(29)11-9-21/h2-12,17,32H,13-16,18H2,1H3. The largest absolute Gasteiger partial charge is 0.459 e. The van der Waals surface area contributed by atoms with Crippen molar-refractivity contribution in [3.63, 3.8) is 0 Å². The first kappa shape index (κ1) is 22.2. The van der Waals surface area contributed by atoms with E-state index in [-0.39, 0.29) is 23.8 Å². The van der Waals surface area contributed by atoms with Gasteiger partial charge in [0.2, 0.25) is 5.43 Å². The Balaban J connectivity index is 1.48. The molecule has 0 bridgehead atoms. The number of nitrogens with zero attached hydrogens (tertiary/aromatic N) is 1. The molecule has 2 heterocycles. The van der Waals surface area contributed by atoms with Crippen molar-refractivity contribution in [2.24, 2.45) is 0 Å². The topological polar surface area (TPSA) is 62.9 Å². The van der Waals surface area contributed by atoms with E-state index in [4.69, 9.17) is 9.15 Å². The summed E-state index contributed by atoms with van der Waals surface area (Å²) in [6.07, 6.45) is 0.782. The third-order valence-corrected chi connectivity index (χ3v) is 6.49. The third kappa shape index (κ3) is 4.29. The van der Waals surface area contributed by atoms with Crippen LogP contribution in [0.15, 0.2) is 82.0 Å². The average molecular weight is 460 g/mol. The smallest absolute Gasteiger partial charge is 0.313 e. The number of hydrogen-bond acceptors (Lipinski definition) is 5. The van der Waals surface area contributed by atoms with Crippen LogP contribution in [-0.4, -0.2) is 18.2 Å². The quantitative estimate of drug-likeness (QED) is 0.438. The highest BCUT2D eigenvalue weighted by Gasteiger charge is 2.36. The number of anilines is 1. The Morgan fingerprint density at radius 3 is 2.44 bits per heavy atom. The lowest BCUT2D eigenvalue weighted by molar-refractivity contribution is 0.0115. The number of piperidine rings is 1. The van der Waals surface area contributed by atoms with Crippen LogP contribution in [0.4, 0.5) is 10.1 Å². The van der Waals surface area contributed by atoms with Crippen molar-refractivity contribution < 1.29 is 18.7 Å². The first-order valence-corrected chi connectivity index (χ1v) is 11.4. The van der Waals surface area contributed by atoms with Gasteiger partial charge in [0.25, 0.3) is 0 Å². The molecule has 0 unspecified atom stereocenters. The molecule has 1 aromatic heterocycles. The van der Waals surface area contributed by atoms with Crippen LogP contribution in [0.5, 0.6) is 5.95 Å². The highest BCUT2D eigenvalue weighted by atomic mass is 19.1. The molecule has 0 spiro atoms. The van der Waals surface area contributed by atoms with Gasteiger partial charge < -0.3 is 19.2 Å². The maximum atomic E-state index is 13.6. The van der Waals surface area contributed by atoms with Crippen LogP contribution in [0.2, 0.25) is 0 Å². The minimum atomic E-state index is -1.08. The molecule has 5 nitrogen and oxygen atoms in total. The second-order valence-corrected chi connectivity index (χ2v) is 8.87. The van der Waals surface area contributed by atoms with Gasteiger partial charge in [-0.2, -0.15) is 0 Å². The zero-order valence-electron chi connectivity index (χ0n) is 19.0. The van der Waals surface area contributed by atoms with E-state index in [1.807, 2.05) is 54.3 Å². The first-order valence-electron chi connectivity index (χ1n) is 11.4. The Kier molecular flexibility index (Phi) is 5.84. The molecule has 0 amide bonds. The summed E-state index contributed by atoms with van der Waals surface area (Å²) in [7, 11) is 0. The normalized spacial score (nSPS) is 15.4. The number of hydrogen-bond donors (Lipinski definition) is 1. The molecule has 0 aliphatic carbocycles. The van der Waals surface area contributed by atoms with Crippen LogP contribution in [0.25, 0.3) is 11.0 Å². The van der Waals surface area contributed by atoms with Gasteiger partial charge in [0.05, 0.1) is 11.0 Å². The first-order chi connectivity index (χ1) is 16.4. The Labute approximate surface area is 197 Å². The molecular weight excluding hydrogens is 433 g/mol. The lowest BCUT2D eigenvalue weighted by Gasteiger charge is -2.39. The van der Waals surface area contributed by atoms with Gasteiger partial charge in [0.1, 0.15) is 18.0 Å². The van der Waals surface area contributed by atoms with Gasteiger partial charge in [0.15, 0.2) is 5.69 Å². The highest BCUT2D eigenvalue weighted by molar-refractivity contribution is 5.82. The minimum absolute atomic E-state index is 0.153. The summed E-state index contributed by atoms with van der Waals surface area (Å²) in [5, 5.41) is 11.7. The fourth-order valence-corrected chi connectivity index (χ4v) is 4.52. The van der Waals surface area contributed by atoms with Crippen LogP contribution in [0, 0.1) is 12.7 Å². The van der Waals surface area contributed by atoms with Crippen LogP contribution in [0.3, 0.4) is 0 Å². The summed E-state index contributed by atoms with van der Waals surface area (Å²) >= 11 is 0. The number of halogens is 1. The predicted molar refractivity (Wildman–Crippen MR) is 130 cm³/mol. The SMILES string of the molecule is Cc1ccc2oc(OCc3ccccc3)c(N3CCC(O)(c4ccc(F)cc4)CC3)c(=O)c2c1. The highest BCUT2D eigenvalue weighted by Crippen LogP contribution is 2.37. The molecule has 1 fully saturated rings. The lowest BCUT2D eigenvalue weighted by atomic mass is 9.84. The molecule has 34 heavy (non-hydrogen) atoms. The summed E-state index contributed by atoms with van der Waals surface area (Å²) in [5.74, 6) is -0.161. The van der Waals surface area contributed by atoms with Crippen molar-refractivity contribution in [3.8, 4) is 5.95 Å². The van der Waals surface area contributed by atoms with Gasteiger partial charge in [-0.25, -0.2) is 4.39 Å². The molecule has 4 aromatic rings. The summed E-state index contributed by atoms with van der Waals surface area (Å²) < 4.78 is 25.5. The third-order valence-electron chi connectivity index (χ3n) is 6.49. The van der Waals surface area contributed by atoms with E-state index in [0.29, 0.717) is 48.2 Å². The summed E-state index contributed by atoms with van der Waals surface area (Å²) in [6, 6.07) is 21.2. The van der Waals surface area contributed by atoms with Crippen LogP contribution < -0.4 is 15.1 Å². The molecule has 0 saturated carbocycles. The zero-order valence-corrected chi connectivity index (χ0v) is 19.0. The second-order valence-electron chi connectivity index (χ2n) is 8.87. The fourth-order valence-electron chi connectivity index (χ4n) is 4.52. The van der Waals surface area contributed by atoms with E-state index in [2.05, 4.69) is 0 Å². The van der Waals surface area contributed by atoms with Crippen molar-refractivity contribution in [2.75, 3.05) is 18.0 Å². The molecular formula is C28H26FNO4. The number of ether oxygens (including phenoxy) is 1. The van der Waals surface area contributed by atoms with Crippen molar-refractivity contribution in [1.29, 1.82) is 0 Å². The molecule has 3 aromatic carbocycles. The van der Waals surface area contributed by atoms with Gasteiger partial charge in [-0.1, -0.05) is 54.1 Å². The van der Waals surface area contributed by atoms with Gasteiger partial charge >= 0.3 is 5.95 Å². The van der Waals surface area contributed by atoms with E-state index in [1.165, 1.54) is 12.1 Å². The molecule has 0 radical (unpaired) electrons. The zero-order chi connectivity index (χ0) is 23.7. The average Bonchev–Trinajstić information content (AvgIpc) is 2.85. The number of rotatable bonds is 5. The maximum Gasteiger partial charge on any atom is 0.313 e. The Morgan fingerprint density at radius 2 is 1.74 bits per heavy atom. The summed E-state index contributed by atoms with van der Waals surface area (Å²) in [5.41, 5.74) is 2.22. The molecule has 1 aliphatic rings. The molecule has 5 rings (SSSR count). The second kappa shape index (κ2) is 8.95. The van der Waals surface area contributed by atoms with Crippen molar-refractivity contribution in [2.45, 2.75) is 32.0 Å². The molecule has 1 saturated heterocycles. The molecule has 1 N–H and O–H groups in total. The Morgan fingerprint density at radius 1 is 1.03 bits per heavy atom. The van der Waals surface area contributed by atoms with Gasteiger partial charge in [0, 0.05) is 13.1 Å². The van der Waals surface area contributed by atoms with E-state index < -0.39 is 5.60 Å². The molecule has 0 atom stereocenters. The van der Waals surface area contributed by atoms with E-state index in [1.54, 1.807) is 18.2 Å². The predicted octanol–water partition coefficient (Wildman–Crippen LogP) is 5.31. The summed E-state index contributed by atoms with van der Waals surface area (Å²) in [4.78, 5) is 15.5. The summed E-state index contributed by atoms with van der Waals surface area (Å²) in [6.45, 7) is 3.05. The van der Waals surface area contributed by atoms with Crippen molar-refractivity contribution in [1.82, 2.24) is 0 Å². The number of fused-ring (bicyclic) bond motifs is 1. The molecule has 174 valence electrons. The van der Waals surface area contributed by atoms with Crippen LogP contribution in [-0.2, 0) is 12.2 Å². The van der Waals surface area contributed by atoms with Crippen LogP contribution in [0.1, 0.15) is 29.5 Å². The number of benzene rings is 3. The molecule has 6 heteroatoms. The van der Waals surface area contributed by atoms with Crippen LogP contribution >= 0.6 is 0 Å². The van der Waals surface area contributed by atoms with Gasteiger partial charge in [-0.3, -0.25) is 4.79 Å². The van der Waals surface area contributed by atoms with Crippen molar-refractivity contribution >= 4 is 16.7 Å². The Hall–Kier alpha value is -3.64. The van der Waals surface area contributed by atoms with E-state index >= 15 is 0 Å². The Bertz CT molecular complexity index is 1360. The fraction of sp³-hybridized carbons (Fsp3) is 0.250. The molecule has 1 aliphatic heterocycles. The number of aliphatic hydroxyl groups is 1. The minimum Gasteiger partial charge on any atom is -0.459 e.